The van der Waals surface area contributed by atoms with Gasteiger partial charge in [-0.25, -0.2) is 0 Å². The highest BCUT2D eigenvalue weighted by atomic mass is 16.3. The summed E-state index contributed by atoms with van der Waals surface area (Å²) in [6.45, 7) is 6.27. The normalized spacial score (nSPS) is 19.7. The van der Waals surface area contributed by atoms with Crippen molar-refractivity contribution in [1.29, 1.82) is 0 Å². The van der Waals surface area contributed by atoms with Crippen molar-refractivity contribution >= 4 is 12.6 Å². The third-order valence-corrected chi connectivity index (χ3v) is 4.66. The van der Waals surface area contributed by atoms with Crippen LogP contribution < -0.4 is 0 Å². The zero-order valence-electron chi connectivity index (χ0n) is 14.7. The van der Waals surface area contributed by atoms with Crippen LogP contribution in [0.1, 0.15) is 59.3 Å². The predicted molar refractivity (Wildman–Crippen MR) is 94.1 cm³/mol. The standard InChI is InChI=1S/C20H30O3/c1-15(2)6-4-7-16(3)8-5-9-17(12-21)19-11-10-18(13-22)20(19)14-23/h6,8,12,14,17,19,22H,4-5,7,9-11,13H2,1-3H3/b16-8+. The first kappa shape index (κ1) is 19.6. The molecule has 0 saturated carbocycles. The summed E-state index contributed by atoms with van der Waals surface area (Å²) in [7, 11) is 0. The van der Waals surface area contributed by atoms with Gasteiger partial charge in [0.1, 0.15) is 12.6 Å². The molecule has 3 nitrogen and oxygen atoms in total. The first-order valence-electron chi connectivity index (χ1n) is 8.55. The van der Waals surface area contributed by atoms with E-state index in [-0.39, 0.29) is 18.4 Å². The molecule has 0 radical (unpaired) electrons. The topological polar surface area (TPSA) is 54.4 Å². The van der Waals surface area contributed by atoms with Crippen molar-refractivity contribution in [3.63, 3.8) is 0 Å². The Labute approximate surface area is 140 Å². The Morgan fingerprint density at radius 1 is 1.22 bits per heavy atom. The third-order valence-electron chi connectivity index (χ3n) is 4.66. The van der Waals surface area contributed by atoms with Gasteiger partial charge in [0.15, 0.2) is 0 Å². The fourth-order valence-corrected chi connectivity index (χ4v) is 3.25. The van der Waals surface area contributed by atoms with Gasteiger partial charge in [-0.2, -0.15) is 0 Å². The summed E-state index contributed by atoms with van der Waals surface area (Å²) in [4.78, 5) is 22.7. The summed E-state index contributed by atoms with van der Waals surface area (Å²) in [5, 5.41) is 9.29. The summed E-state index contributed by atoms with van der Waals surface area (Å²) < 4.78 is 0. The van der Waals surface area contributed by atoms with Gasteiger partial charge in [0.2, 0.25) is 0 Å². The fraction of sp³-hybridized carbons (Fsp3) is 0.600. The second kappa shape index (κ2) is 10.3. The zero-order chi connectivity index (χ0) is 17.2. The van der Waals surface area contributed by atoms with E-state index < -0.39 is 0 Å². The van der Waals surface area contributed by atoms with Crippen molar-refractivity contribution in [2.24, 2.45) is 11.8 Å². The molecule has 0 saturated heterocycles. The number of aliphatic hydroxyl groups is 1. The number of rotatable bonds is 10. The van der Waals surface area contributed by atoms with Crippen LogP contribution in [0, 0.1) is 11.8 Å². The maximum Gasteiger partial charge on any atom is 0.146 e. The maximum atomic E-state index is 11.4. The van der Waals surface area contributed by atoms with Crippen LogP contribution >= 0.6 is 0 Å². The molecule has 1 N–H and O–H groups in total. The highest BCUT2D eigenvalue weighted by molar-refractivity contribution is 5.78. The monoisotopic (exact) mass is 318 g/mol. The number of carbonyl (C=O) groups is 2. The molecule has 2 atom stereocenters. The molecule has 0 aromatic heterocycles. The molecule has 0 spiro atoms. The zero-order valence-corrected chi connectivity index (χ0v) is 14.7. The number of carbonyl (C=O) groups excluding carboxylic acids is 2. The molecule has 3 heteroatoms. The van der Waals surface area contributed by atoms with Gasteiger partial charge in [-0.05, 0) is 76.4 Å². The molecule has 0 fully saturated rings. The van der Waals surface area contributed by atoms with E-state index in [1.807, 2.05) is 0 Å². The Morgan fingerprint density at radius 3 is 2.52 bits per heavy atom. The number of hydrogen-bond acceptors (Lipinski definition) is 3. The van der Waals surface area contributed by atoms with E-state index in [2.05, 4.69) is 32.9 Å². The van der Waals surface area contributed by atoms with Crippen LogP contribution in [0.5, 0.6) is 0 Å². The van der Waals surface area contributed by atoms with Crippen LogP contribution in [0.4, 0.5) is 0 Å². The Bertz CT molecular complexity index is 493. The summed E-state index contributed by atoms with van der Waals surface area (Å²) in [6, 6.07) is 0. The second-order valence-corrected chi connectivity index (χ2v) is 6.73. The van der Waals surface area contributed by atoms with Crippen molar-refractivity contribution in [2.75, 3.05) is 6.61 Å². The van der Waals surface area contributed by atoms with E-state index >= 15 is 0 Å². The quantitative estimate of drug-likeness (QED) is 0.486. The Morgan fingerprint density at radius 2 is 1.96 bits per heavy atom. The van der Waals surface area contributed by atoms with E-state index in [0.717, 1.165) is 56.7 Å². The van der Waals surface area contributed by atoms with Crippen LogP contribution in [0.25, 0.3) is 0 Å². The van der Waals surface area contributed by atoms with Gasteiger partial charge in [-0.3, -0.25) is 4.79 Å². The van der Waals surface area contributed by atoms with E-state index in [0.29, 0.717) is 5.57 Å². The highest BCUT2D eigenvalue weighted by Crippen LogP contribution is 2.37. The number of aliphatic hydroxyl groups excluding tert-OH is 1. The molecule has 128 valence electrons. The Kier molecular flexibility index (Phi) is 8.78. The van der Waals surface area contributed by atoms with Crippen molar-refractivity contribution in [2.45, 2.75) is 59.3 Å². The van der Waals surface area contributed by atoms with Crippen LogP contribution in [0.3, 0.4) is 0 Å². The van der Waals surface area contributed by atoms with Crippen LogP contribution in [0.15, 0.2) is 34.4 Å². The lowest BCUT2D eigenvalue weighted by molar-refractivity contribution is -0.112. The van der Waals surface area contributed by atoms with E-state index in [4.69, 9.17) is 0 Å². The van der Waals surface area contributed by atoms with E-state index in [9.17, 15) is 14.7 Å². The van der Waals surface area contributed by atoms with E-state index in [1.54, 1.807) is 0 Å². The summed E-state index contributed by atoms with van der Waals surface area (Å²) in [5.74, 6) is -0.132. The largest absolute Gasteiger partial charge is 0.392 e. The first-order valence-corrected chi connectivity index (χ1v) is 8.55. The van der Waals surface area contributed by atoms with Crippen molar-refractivity contribution < 1.29 is 14.7 Å². The number of aldehydes is 2. The molecule has 0 heterocycles. The minimum atomic E-state index is -0.124. The van der Waals surface area contributed by atoms with Gasteiger partial charge >= 0.3 is 0 Å². The number of hydrogen-bond donors (Lipinski definition) is 1. The molecule has 1 rings (SSSR count). The molecule has 1 aliphatic rings. The van der Waals surface area contributed by atoms with Crippen LogP contribution in [0.2, 0.25) is 0 Å². The second-order valence-electron chi connectivity index (χ2n) is 6.73. The van der Waals surface area contributed by atoms with Gasteiger partial charge in [-0.1, -0.05) is 23.3 Å². The molecule has 1 aliphatic carbocycles. The van der Waals surface area contributed by atoms with Gasteiger partial charge in [0, 0.05) is 5.92 Å². The van der Waals surface area contributed by atoms with Gasteiger partial charge in [-0.15, -0.1) is 0 Å². The number of allylic oxidation sites excluding steroid dienone is 5. The Hall–Kier alpha value is -1.48. The lowest BCUT2D eigenvalue weighted by atomic mass is 9.84. The summed E-state index contributed by atoms with van der Waals surface area (Å²) in [5.41, 5.74) is 4.16. The third kappa shape index (κ3) is 6.26. The molecular formula is C20H30O3. The highest BCUT2D eigenvalue weighted by Gasteiger charge is 2.30. The van der Waals surface area contributed by atoms with Crippen molar-refractivity contribution in [1.82, 2.24) is 0 Å². The smallest absolute Gasteiger partial charge is 0.146 e. The molecule has 0 aliphatic heterocycles. The minimum Gasteiger partial charge on any atom is -0.392 e. The summed E-state index contributed by atoms with van der Waals surface area (Å²) >= 11 is 0. The molecule has 2 unspecified atom stereocenters. The van der Waals surface area contributed by atoms with Crippen molar-refractivity contribution in [3.05, 3.63) is 34.4 Å². The first-order chi connectivity index (χ1) is 11.0. The molecule has 0 bridgehead atoms. The van der Waals surface area contributed by atoms with Crippen LogP contribution in [-0.4, -0.2) is 24.3 Å². The maximum absolute atomic E-state index is 11.4. The summed E-state index contributed by atoms with van der Waals surface area (Å²) in [6.07, 6.45) is 11.5. The van der Waals surface area contributed by atoms with Crippen molar-refractivity contribution in [3.8, 4) is 0 Å². The molecular weight excluding hydrogens is 288 g/mol. The Balaban J connectivity index is 2.54. The van der Waals surface area contributed by atoms with Crippen LogP contribution in [-0.2, 0) is 9.59 Å². The molecule has 0 aromatic carbocycles. The molecule has 23 heavy (non-hydrogen) atoms. The lowest BCUT2D eigenvalue weighted by Crippen LogP contribution is -2.17. The predicted octanol–water partition coefficient (Wildman–Crippen LogP) is 4.17. The average Bonchev–Trinajstić information content (AvgIpc) is 2.94. The van der Waals surface area contributed by atoms with Gasteiger partial charge in [0.25, 0.3) is 0 Å². The lowest BCUT2D eigenvalue weighted by Gasteiger charge is -2.18. The molecule has 0 amide bonds. The average molecular weight is 318 g/mol. The SMILES string of the molecule is CC(C)=CCC/C(C)=C/CCC(C=O)C1CCC(CO)=C1C=O. The van der Waals surface area contributed by atoms with Gasteiger partial charge < -0.3 is 9.90 Å². The molecule has 0 aromatic rings. The minimum absolute atomic E-state index is 0.00784. The fourth-order valence-electron chi connectivity index (χ4n) is 3.25. The van der Waals surface area contributed by atoms with Gasteiger partial charge in [0.05, 0.1) is 6.61 Å². The van der Waals surface area contributed by atoms with E-state index in [1.165, 1.54) is 11.1 Å².